The van der Waals surface area contributed by atoms with E-state index in [1.165, 1.54) is 0 Å². The van der Waals surface area contributed by atoms with E-state index in [1.807, 2.05) is 0 Å². The van der Waals surface area contributed by atoms with Crippen LogP contribution < -0.4 is 16.4 Å². The third-order valence-electron chi connectivity index (χ3n) is 2.36. The number of benzene rings is 2. The number of rotatable bonds is 2. The Bertz CT molecular complexity index is 619. The standard InChI is InChI=1S/C13H11BrClN3O/c14-9-6-5-8(16)7-12(9)18-13(19)17-11-4-2-1-3-10(11)15/h1-7H,16H2,(H2,17,18,19). The summed E-state index contributed by atoms with van der Waals surface area (Å²) in [5.41, 5.74) is 7.36. The largest absolute Gasteiger partial charge is 0.399 e. The van der Waals surface area contributed by atoms with Gasteiger partial charge in [0.15, 0.2) is 0 Å². The molecule has 4 nitrogen and oxygen atoms in total. The average molecular weight is 341 g/mol. The van der Waals surface area contributed by atoms with Gasteiger partial charge in [0.2, 0.25) is 0 Å². The number of halogens is 2. The van der Waals surface area contributed by atoms with E-state index in [-0.39, 0.29) is 6.03 Å². The number of nitrogens with two attached hydrogens (primary N) is 1. The van der Waals surface area contributed by atoms with E-state index in [2.05, 4.69) is 26.6 Å². The Morgan fingerprint density at radius 3 is 2.53 bits per heavy atom. The van der Waals surface area contributed by atoms with Gasteiger partial charge in [0.25, 0.3) is 0 Å². The van der Waals surface area contributed by atoms with Crippen LogP contribution in [-0.4, -0.2) is 6.03 Å². The summed E-state index contributed by atoms with van der Waals surface area (Å²) < 4.78 is 0.746. The second kappa shape index (κ2) is 5.95. The minimum absolute atomic E-state index is 0.389. The molecule has 0 fully saturated rings. The molecule has 4 N–H and O–H groups in total. The summed E-state index contributed by atoms with van der Waals surface area (Å²) in [6.07, 6.45) is 0. The number of nitrogen functional groups attached to an aromatic ring is 1. The summed E-state index contributed by atoms with van der Waals surface area (Å²) in [4.78, 5) is 11.9. The highest BCUT2D eigenvalue weighted by molar-refractivity contribution is 9.10. The molecular weight excluding hydrogens is 330 g/mol. The summed E-state index contributed by atoms with van der Waals surface area (Å²) in [7, 11) is 0. The quantitative estimate of drug-likeness (QED) is 0.712. The molecule has 98 valence electrons. The lowest BCUT2D eigenvalue weighted by molar-refractivity contribution is 0.262. The molecule has 2 aromatic rings. The number of nitrogens with one attached hydrogen (secondary N) is 2. The van der Waals surface area contributed by atoms with Crippen LogP contribution in [-0.2, 0) is 0 Å². The van der Waals surface area contributed by atoms with E-state index in [0.717, 1.165) is 4.47 Å². The molecule has 2 rings (SSSR count). The fourth-order valence-electron chi connectivity index (χ4n) is 1.48. The number of anilines is 3. The molecule has 0 radical (unpaired) electrons. The summed E-state index contributed by atoms with van der Waals surface area (Å²) >= 11 is 9.29. The number of urea groups is 1. The molecule has 0 unspecified atom stereocenters. The van der Waals surface area contributed by atoms with Crippen molar-refractivity contribution in [3.05, 3.63) is 52.0 Å². The van der Waals surface area contributed by atoms with Crippen molar-refractivity contribution in [3.8, 4) is 0 Å². The number of carbonyl (C=O) groups is 1. The van der Waals surface area contributed by atoms with Gasteiger partial charge in [0, 0.05) is 10.2 Å². The molecule has 0 bridgehead atoms. The van der Waals surface area contributed by atoms with Crippen LogP contribution in [0.25, 0.3) is 0 Å². The van der Waals surface area contributed by atoms with Crippen molar-refractivity contribution < 1.29 is 4.79 Å². The maximum absolute atomic E-state index is 11.9. The molecule has 2 amide bonds. The van der Waals surface area contributed by atoms with Crippen LogP contribution in [0.4, 0.5) is 21.9 Å². The first kappa shape index (κ1) is 13.7. The van der Waals surface area contributed by atoms with Gasteiger partial charge in [-0.05, 0) is 46.3 Å². The Kier molecular flexibility index (Phi) is 4.29. The van der Waals surface area contributed by atoms with Crippen LogP contribution in [0.2, 0.25) is 5.02 Å². The van der Waals surface area contributed by atoms with Crippen LogP contribution >= 0.6 is 27.5 Å². The minimum Gasteiger partial charge on any atom is -0.399 e. The lowest BCUT2D eigenvalue weighted by atomic mass is 10.3. The van der Waals surface area contributed by atoms with Crippen LogP contribution in [0.3, 0.4) is 0 Å². The van der Waals surface area contributed by atoms with Crippen molar-refractivity contribution in [2.75, 3.05) is 16.4 Å². The summed E-state index contributed by atoms with van der Waals surface area (Å²) in [6.45, 7) is 0. The molecule has 0 atom stereocenters. The average Bonchev–Trinajstić information content (AvgIpc) is 2.37. The second-order valence-corrected chi connectivity index (χ2v) is 5.06. The normalized spacial score (nSPS) is 10.0. The van der Waals surface area contributed by atoms with Gasteiger partial charge in [-0.2, -0.15) is 0 Å². The second-order valence-electron chi connectivity index (χ2n) is 3.80. The van der Waals surface area contributed by atoms with Gasteiger partial charge in [0.1, 0.15) is 0 Å². The van der Waals surface area contributed by atoms with Gasteiger partial charge in [-0.1, -0.05) is 23.7 Å². The Labute approximate surface area is 124 Å². The monoisotopic (exact) mass is 339 g/mol. The summed E-state index contributed by atoms with van der Waals surface area (Å²) in [5.74, 6) is 0. The number of amides is 2. The van der Waals surface area contributed by atoms with Gasteiger partial charge in [-0.15, -0.1) is 0 Å². The zero-order valence-electron chi connectivity index (χ0n) is 9.78. The molecule has 0 saturated heterocycles. The van der Waals surface area contributed by atoms with Gasteiger partial charge in [-0.25, -0.2) is 4.79 Å². The molecule has 0 aliphatic heterocycles. The molecule has 2 aromatic carbocycles. The van der Waals surface area contributed by atoms with Crippen LogP contribution in [0.5, 0.6) is 0 Å². The minimum atomic E-state index is -0.389. The Morgan fingerprint density at radius 2 is 1.79 bits per heavy atom. The maximum atomic E-state index is 11.9. The maximum Gasteiger partial charge on any atom is 0.323 e. The zero-order chi connectivity index (χ0) is 13.8. The third-order valence-corrected chi connectivity index (χ3v) is 3.38. The lowest BCUT2D eigenvalue weighted by Gasteiger charge is -2.10. The fourth-order valence-corrected chi connectivity index (χ4v) is 2.01. The molecule has 0 aliphatic rings. The summed E-state index contributed by atoms with van der Waals surface area (Å²) in [5, 5.41) is 5.83. The molecule has 0 saturated carbocycles. The number of carbonyl (C=O) groups excluding carboxylic acids is 1. The van der Waals surface area contributed by atoms with E-state index in [0.29, 0.717) is 22.1 Å². The van der Waals surface area contributed by atoms with Gasteiger partial charge in [0.05, 0.1) is 16.4 Å². The molecule has 0 spiro atoms. The third kappa shape index (κ3) is 3.62. The highest BCUT2D eigenvalue weighted by Crippen LogP contribution is 2.25. The van der Waals surface area contributed by atoms with Gasteiger partial charge >= 0.3 is 6.03 Å². The van der Waals surface area contributed by atoms with E-state index >= 15 is 0 Å². The molecule has 6 heteroatoms. The Hall–Kier alpha value is -1.72. The van der Waals surface area contributed by atoms with Gasteiger partial charge in [-0.3, -0.25) is 0 Å². The van der Waals surface area contributed by atoms with Crippen molar-refractivity contribution in [2.24, 2.45) is 0 Å². The zero-order valence-corrected chi connectivity index (χ0v) is 12.1. The highest BCUT2D eigenvalue weighted by Gasteiger charge is 2.07. The van der Waals surface area contributed by atoms with Crippen LogP contribution in [0.15, 0.2) is 46.9 Å². The lowest BCUT2D eigenvalue weighted by Crippen LogP contribution is -2.19. The van der Waals surface area contributed by atoms with E-state index < -0.39 is 0 Å². The molecular formula is C13H11BrClN3O. The predicted octanol–water partition coefficient (Wildman–Crippen LogP) is 4.33. The van der Waals surface area contributed by atoms with E-state index in [4.69, 9.17) is 17.3 Å². The SMILES string of the molecule is Nc1ccc(Br)c(NC(=O)Nc2ccccc2Cl)c1. The first-order valence-electron chi connectivity index (χ1n) is 5.44. The Balaban J connectivity index is 2.10. The summed E-state index contributed by atoms with van der Waals surface area (Å²) in [6, 6.07) is 11.8. The number of hydrogen-bond acceptors (Lipinski definition) is 2. The predicted molar refractivity (Wildman–Crippen MR) is 82.6 cm³/mol. The topological polar surface area (TPSA) is 67.1 Å². The number of hydrogen-bond donors (Lipinski definition) is 3. The van der Waals surface area contributed by atoms with E-state index in [9.17, 15) is 4.79 Å². The fraction of sp³-hybridized carbons (Fsp3) is 0. The van der Waals surface area contributed by atoms with Crippen molar-refractivity contribution >= 4 is 50.6 Å². The van der Waals surface area contributed by atoms with Crippen LogP contribution in [0, 0.1) is 0 Å². The smallest absolute Gasteiger partial charge is 0.323 e. The molecule has 0 aliphatic carbocycles. The molecule has 0 aromatic heterocycles. The highest BCUT2D eigenvalue weighted by atomic mass is 79.9. The number of para-hydroxylation sites is 1. The van der Waals surface area contributed by atoms with Crippen molar-refractivity contribution in [1.29, 1.82) is 0 Å². The van der Waals surface area contributed by atoms with Crippen molar-refractivity contribution in [2.45, 2.75) is 0 Å². The van der Waals surface area contributed by atoms with Gasteiger partial charge < -0.3 is 16.4 Å². The Morgan fingerprint density at radius 1 is 1.11 bits per heavy atom. The first-order valence-corrected chi connectivity index (χ1v) is 6.61. The first-order chi connectivity index (χ1) is 9.06. The van der Waals surface area contributed by atoms with Crippen molar-refractivity contribution in [3.63, 3.8) is 0 Å². The molecule has 0 heterocycles. The van der Waals surface area contributed by atoms with Crippen LogP contribution in [0.1, 0.15) is 0 Å². The van der Waals surface area contributed by atoms with E-state index in [1.54, 1.807) is 42.5 Å². The van der Waals surface area contributed by atoms with Crippen molar-refractivity contribution in [1.82, 2.24) is 0 Å². The molecule has 19 heavy (non-hydrogen) atoms.